The first-order valence-electron chi connectivity index (χ1n) is 8.25. The molecule has 1 aromatic carbocycles. The van der Waals surface area contributed by atoms with E-state index in [0.29, 0.717) is 29.7 Å². The number of likely N-dealkylation sites (tertiary alicyclic amines) is 1. The molecule has 2 saturated carbocycles. The summed E-state index contributed by atoms with van der Waals surface area (Å²) < 4.78 is 0. The van der Waals surface area contributed by atoms with Gasteiger partial charge in [-0.05, 0) is 55.1 Å². The van der Waals surface area contributed by atoms with Crippen LogP contribution in [0.15, 0.2) is 24.3 Å². The largest absolute Gasteiger partial charge is 0.342 e. The highest BCUT2D eigenvalue weighted by molar-refractivity contribution is 5.85. The van der Waals surface area contributed by atoms with Crippen LogP contribution < -0.4 is 5.73 Å². The summed E-state index contributed by atoms with van der Waals surface area (Å²) in [5, 5.41) is 0. The van der Waals surface area contributed by atoms with Crippen molar-refractivity contribution in [2.75, 3.05) is 13.1 Å². The van der Waals surface area contributed by atoms with Gasteiger partial charge >= 0.3 is 0 Å². The van der Waals surface area contributed by atoms with Crippen molar-refractivity contribution in [1.82, 2.24) is 4.90 Å². The fraction of sp³-hybridized carbons (Fsp3) is 0.611. The van der Waals surface area contributed by atoms with Crippen molar-refractivity contribution in [2.24, 2.45) is 23.5 Å². The lowest BCUT2D eigenvalue weighted by atomic mass is 9.98. The summed E-state index contributed by atoms with van der Waals surface area (Å²) in [6, 6.07) is 8.80. The summed E-state index contributed by atoms with van der Waals surface area (Å²) in [5.74, 6) is 2.28. The van der Waals surface area contributed by atoms with Gasteiger partial charge in [0.1, 0.15) is 0 Å². The summed E-state index contributed by atoms with van der Waals surface area (Å²) in [4.78, 5) is 14.8. The minimum Gasteiger partial charge on any atom is -0.342 e. The molecule has 3 fully saturated rings. The Bertz CT molecular complexity index is 576. The molecule has 3 nitrogen and oxygen atoms in total. The van der Waals surface area contributed by atoms with Gasteiger partial charge < -0.3 is 10.6 Å². The van der Waals surface area contributed by atoms with Crippen LogP contribution in [0.3, 0.4) is 0 Å². The average Bonchev–Trinajstić information content (AvgIpc) is 3.03. The lowest BCUT2D eigenvalue weighted by Gasteiger charge is -2.19. The number of aryl methyl sites for hydroxylation is 1. The van der Waals surface area contributed by atoms with E-state index in [1.54, 1.807) is 0 Å². The van der Waals surface area contributed by atoms with Gasteiger partial charge in [-0.1, -0.05) is 24.3 Å². The number of hydrogen-bond acceptors (Lipinski definition) is 2. The second-order valence-electron chi connectivity index (χ2n) is 7.21. The monoisotopic (exact) mass is 320 g/mol. The highest BCUT2D eigenvalue weighted by atomic mass is 35.5. The molecule has 22 heavy (non-hydrogen) atoms. The van der Waals surface area contributed by atoms with Crippen LogP contribution >= 0.6 is 12.4 Å². The number of rotatable bonds is 2. The molecule has 4 rings (SSSR count). The standard InChI is InChI=1S/C18H24N2O.ClH/c1-11-4-2-3-5-13(11)14-8-15(14)18(21)20-9-12-6-7-17(19)16(12)10-20;/h2-5,12,14-17H,6-10,19H2,1H3;1H. The number of fused-ring (bicyclic) bond motifs is 1. The van der Waals surface area contributed by atoms with Crippen molar-refractivity contribution < 1.29 is 4.79 Å². The zero-order chi connectivity index (χ0) is 14.6. The lowest BCUT2D eigenvalue weighted by Crippen LogP contribution is -2.34. The molecule has 0 radical (unpaired) electrons. The number of nitrogens with two attached hydrogens (primary N) is 1. The number of halogens is 1. The molecule has 1 aromatic rings. The van der Waals surface area contributed by atoms with Gasteiger partial charge in [0.25, 0.3) is 0 Å². The maximum atomic E-state index is 12.7. The average molecular weight is 321 g/mol. The predicted octanol–water partition coefficient (Wildman–Crippen LogP) is 2.72. The Kier molecular flexibility index (Phi) is 4.21. The number of hydrogen-bond donors (Lipinski definition) is 1. The van der Waals surface area contributed by atoms with Gasteiger partial charge in [0.05, 0.1) is 0 Å². The summed E-state index contributed by atoms with van der Waals surface area (Å²) in [6.07, 6.45) is 3.38. The topological polar surface area (TPSA) is 46.3 Å². The quantitative estimate of drug-likeness (QED) is 0.910. The van der Waals surface area contributed by atoms with Crippen molar-refractivity contribution in [3.8, 4) is 0 Å². The second kappa shape index (κ2) is 5.86. The van der Waals surface area contributed by atoms with Crippen LogP contribution in [0.5, 0.6) is 0 Å². The van der Waals surface area contributed by atoms with E-state index >= 15 is 0 Å². The van der Waals surface area contributed by atoms with Crippen LogP contribution in [-0.2, 0) is 4.79 Å². The Morgan fingerprint density at radius 2 is 2.00 bits per heavy atom. The highest BCUT2D eigenvalue weighted by Gasteiger charge is 2.50. The normalized spacial score (nSPS) is 35.9. The van der Waals surface area contributed by atoms with Crippen LogP contribution in [-0.4, -0.2) is 29.9 Å². The van der Waals surface area contributed by atoms with E-state index in [-0.39, 0.29) is 18.3 Å². The summed E-state index contributed by atoms with van der Waals surface area (Å²) in [6.45, 7) is 4.00. The van der Waals surface area contributed by atoms with Crippen LogP contribution in [0.25, 0.3) is 0 Å². The molecule has 3 aliphatic rings. The number of carbonyl (C=O) groups is 1. The molecule has 1 amide bonds. The summed E-state index contributed by atoms with van der Waals surface area (Å²) in [5.41, 5.74) is 8.86. The van der Waals surface area contributed by atoms with Crippen molar-refractivity contribution in [3.05, 3.63) is 35.4 Å². The Morgan fingerprint density at radius 1 is 1.23 bits per heavy atom. The molecule has 0 bridgehead atoms. The van der Waals surface area contributed by atoms with Crippen LogP contribution in [0, 0.1) is 24.7 Å². The first-order chi connectivity index (χ1) is 10.1. The molecule has 2 aliphatic carbocycles. The number of nitrogens with zero attached hydrogens (tertiary/aromatic N) is 1. The molecule has 4 heteroatoms. The van der Waals surface area contributed by atoms with Crippen LogP contribution in [0.4, 0.5) is 0 Å². The van der Waals surface area contributed by atoms with Gasteiger partial charge in [-0.3, -0.25) is 4.79 Å². The Balaban J connectivity index is 0.00000144. The van der Waals surface area contributed by atoms with Gasteiger partial charge in [-0.2, -0.15) is 0 Å². The number of amides is 1. The summed E-state index contributed by atoms with van der Waals surface area (Å²) in [7, 11) is 0. The van der Waals surface area contributed by atoms with Crippen molar-refractivity contribution in [2.45, 2.75) is 38.1 Å². The molecule has 1 heterocycles. The number of carbonyl (C=O) groups excluding carboxylic acids is 1. The van der Waals surface area contributed by atoms with Crippen LogP contribution in [0.1, 0.15) is 36.3 Å². The third-order valence-corrected chi connectivity index (χ3v) is 5.92. The lowest BCUT2D eigenvalue weighted by molar-refractivity contribution is -0.131. The molecule has 2 N–H and O–H groups in total. The molecule has 0 spiro atoms. The van der Waals surface area contributed by atoms with E-state index in [0.717, 1.165) is 25.9 Å². The van der Waals surface area contributed by atoms with E-state index < -0.39 is 0 Å². The predicted molar refractivity (Wildman–Crippen MR) is 90.0 cm³/mol. The summed E-state index contributed by atoms with van der Waals surface area (Å²) >= 11 is 0. The smallest absolute Gasteiger partial charge is 0.226 e. The van der Waals surface area contributed by atoms with Crippen molar-refractivity contribution in [1.29, 1.82) is 0 Å². The maximum absolute atomic E-state index is 12.7. The number of benzene rings is 1. The van der Waals surface area contributed by atoms with Crippen LogP contribution in [0.2, 0.25) is 0 Å². The SMILES string of the molecule is Cc1ccccc1C1CC1C(=O)N1CC2CCC(N)C2C1.Cl. The first-order valence-corrected chi connectivity index (χ1v) is 8.25. The zero-order valence-electron chi connectivity index (χ0n) is 13.1. The zero-order valence-corrected chi connectivity index (χ0v) is 13.9. The first kappa shape index (κ1) is 15.8. The maximum Gasteiger partial charge on any atom is 0.226 e. The molecule has 5 unspecified atom stereocenters. The molecule has 1 saturated heterocycles. The fourth-order valence-electron chi connectivity index (χ4n) is 4.54. The molecule has 120 valence electrons. The van der Waals surface area contributed by atoms with Gasteiger partial charge in [0.15, 0.2) is 0 Å². The molecule has 1 aliphatic heterocycles. The van der Waals surface area contributed by atoms with Gasteiger partial charge in [-0.15, -0.1) is 12.4 Å². The third-order valence-electron chi connectivity index (χ3n) is 5.92. The Hall–Kier alpha value is -1.06. The van der Waals surface area contributed by atoms with E-state index in [9.17, 15) is 4.79 Å². The minimum absolute atomic E-state index is 0. The molecular formula is C18H25ClN2O. The highest BCUT2D eigenvalue weighted by Crippen LogP contribution is 2.50. The van der Waals surface area contributed by atoms with E-state index in [1.807, 2.05) is 0 Å². The van der Waals surface area contributed by atoms with E-state index in [4.69, 9.17) is 5.73 Å². The minimum atomic E-state index is 0. The third kappa shape index (κ3) is 2.55. The fourth-order valence-corrected chi connectivity index (χ4v) is 4.54. The second-order valence-corrected chi connectivity index (χ2v) is 7.21. The Labute approximate surface area is 138 Å². The molecule has 0 aromatic heterocycles. The van der Waals surface area contributed by atoms with Gasteiger partial charge in [0.2, 0.25) is 5.91 Å². The molecule has 5 atom stereocenters. The van der Waals surface area contributed by atoms with Gasteiger partial charge in [0, 0.05) is 25.0 Å². The van der Waals surface area contributed by atoms with Gasteiger partial charge in [-0.25, -0.2) is 0 Å². The van der Waals surface area contributed by atoms with Crippen molar-refractivity contribution in [3.63, 3.8) is 0 Å². The Morgan fingerprint density at radius 3 is 2.73 bits per heavy atom. The van der Waals surface area contributed by atoms with E-state index in [1.165, 1.54) is 17.5 Å². The van der Waals surface area contributed by atoms with Crippen molar-refractivity contribution >= 4 is 18.3 Å². The van der Waals surface area contributed by atoms with E-state index in [2.05, 4.69) is 36.1 Å². The molecular weight excluding hydrogens is 296 g/mol.